The van der Waals surface area contributed by atoms with Gasteiger partial charge in [-0.15, -0.1) is 0 Å². The molecule has 1 unspecified atom stereocenters. The van der Waals surface area contributed by atoms with Crippen LogP contribution >= 0.6 is 0 Å². The number of para-hydroxylation sites is 1. The van der Waals surface area contributed by atoms with Gasteiger partial charge in [-0.1, -0.05) is 109 Å². The zero-order chi connectivity index (χ0) is 31.0. The lowest BCUT2D eigenvalue weighted by atomic mass is 9.68. The minimum atomic E-state index is -1.22. The van der Waals surface area contributed by atoms with Crippen LogP contribution in [0, 0.1) is 0 Å². The molecule has 0 fully saturated rings. The fourth-order valence-corrected chi connectivity index (χ4v) is 7.06. The van der Waals surface area contributed by atoms with Crippen LogP contribution in [-0.2, 0) is 23.2 Å². The number of aliphatic hydroxyl groups is 1. The highest BCUT2D eigenvalue weighted by Gasteiger charge is 2.57. The molecule has 5 aromatic rings. The van der Waals surface area contributed by atoms with Crippen LogP contribution in [-0.4, -0.2) is 23.2 Å². The number of benzene rings is 5. The summed E-state index contributed by atoms with van der Waals surface area (Å²) in [4.78, 5) is 17.5. The van der Waals surface area contributed by atoms with E-state index in [0.717, 1.165) is 51.2 Å². The summed E-state index contributed by atoms with van der Waals surface area (Å²) < 4.78 is 12.6. The molecule has 45 heavy (non-hydrogen) atoms. The van der Waals surface area contributed by atoms with Gasteiger partial charge in [0.05, 0.1) is 18.2 Å². The number of carbonyl (C=O) groups is 1. The van der Waals surface area contributed by atoms with E-state index in [9.17, 15) is 5.11 Å². The summed E-state index contributed by atoms with van der Waals surface area (Å²) in [6.45, 7) is 4.47. The normalized spacial score (nSPS) is 17.2. The van der Waals surface area contributed by atoms with E-state index in [2.05, 4.69) is 30.3 Å². The lowest BCUT2D eigenvalue weighted by Gasteiger charge is -2.37. The third-order valence-corrected chi connectivity index (χ3v) is 8.88. The number of rotatable bonds is 9. The van der Waals surface area contributed by atoms with Crippen molar-refractivity contribution < 1.29 is 19.4 Å². The second kappa shape index (κ2) is 11.6. The van der Waals surface area contributed by atoms with Crippen LogP contribution in [0.5, 0.6) is 11.5 Å². The van der Waals surface area contributed by atoms with Crippen LogP contribution in [0.1, 0.15) is 59.7 Å². The van der Waals surface area contributed by atoms with E-state index in [4.69, 9.17) is 9.47 Å². The molecule has 0 aromatic heterocycles. The summed E-state index contributed by atoms with van der Waals surface area (Å²) in [5.41, 5.74) is 4.12. The highest BCUT2D eigenvalue weighted by atomic mass is 16.5. The standard InChI is InChI=1S/C40H37NO4/c1-39(2,43)27-40(33-24-31-22-23-44-35(31)25-36(33)45-26-28-14-6-3-7-15-28)32-20-12-13-21-34(32)41(38(40)42)37(29-16-8-4-9-17-29)30-18-10-5-11-19-30/h3-21,24-25,37,43H,22-23,26-27H2,1-2H3. The summed E-state index contributed by atoms with van der Waals surface area (Å²) in [5.74, 6) is 1.28. The van der Waals surface area contributed by atoms with Crippen LogP contribution < -0.4 is 14.4 Å². The molecule has 5 nitrogen and oxygen atoms in total. The number of hydrogen-bond donors (Lipinski definition) is 1. The molecule has 226 valence electrons. The maximum absolute atomic E-state index is 15.6. The number of amides is 1. The molecular formula is C40H37NO4. The second-order valence-electron chi connectivity index (χ2n) is 12.6. The first kappa shape index (κ1) is 28.9. The molecule has 5 heteroatoms. The van der Waals surface area contributed by atoms with Crippen LogP contribution in [0.15, 0.2) is 127 Å². The zero-order valence-corrected chi connectivity index (χ0v) is 25.6. The predicted octanol–water partition coefficient (Wildman–Crippen LogP) is 7.78. The Morgan fingerprint density at radius 1 is 0.822 bits per heavy atom. The van der Waals surface area contributed by atoms with Crippen molar-refractivity contribution in [2.24, 2.45) is 0 Å². The van der Waals surface area contributed by atoms with Gasteiger partial charge in [-0.05, 0) is 60.2 Å². The Labute approximate surface area is 264 Å². The number of carbonyl (C=O) groups excluding carboxylic acids is 1. The Morgan fingerprint density at radius 3 is 2.07 bits per heavy atom. The molecule has 0 radical (unpaired) electrons. The molecular weight excluding hydrogens is 558 g/mol. The molecule has 2 aliphatic heterocycles. The van der Waals surface area contributed by atoms with Gasteiger partial charge in [0.1, 0.15) is 23.5 Å². The highest BCUT2D eigenvalue weighted by Crippen LogP contribution is 2.56. The minimum Gasteiger partial charge on any atom is -0.493 e. The first-order valence-corrected chi connectivity index (χ1v) is 15.6. The molecule has 1 amide bonds. The van der Waals surface area contributed by atoms with Crippen molar-refractivity contribution in [1.82, 2.24) is 0 Å². The maximum Gasteiger partial charge on any atom is 0.243 e. The van der Waals surface area contributed by atoms with Gasteiger partial charge in [-0.25, -0.2) is 0 Å². The van der Waals surface area contributed by atoms with Gasteiger partial charge < -0.3 is 14.6 Å². The number of fused-ring (bicyclic) bond motifs is 2. The Bertz CT molecular complexity index is 1780. The fourth-order valence-electron chi connectivity index (χ4n) is 7.06. The first-order chi connectivity index (χ1) is 21.8. The quantitative estimate of drug-likeness (QED) is 0.189. The van der Waals surface area contributed by atoms with E-state index in [1.165, 1.54) is 0 Å². The number of ether oxygens (including phenoxy) is 2. The third kappa shape index (κ3) is 5.27. The van der Waals surface area contributed by atoms with Crippen LogP contribution in [0.25, 0.3) is 0 Å². The largest absolute Gasteiger partial charge is 0.493 e. The van der Waals surface area contributed by atoms with Crippen molar-refractivity contribution in [3.05, 3.63) is 161 Å². The van der Waals surface area contributed by atoms with Crippen LogP contribution in [0.3, 0.4) is 0 Å². The minimum absolute atomic E-state index is 0.0908. The lowest BCUT2D eigenvalue weighted by Crippen LogP contribution is -2.47. The van der Waals surface area contributed by atoms with Gasteiger partial charge in [0.25, 0.3) is 0 Å². The van der Waals surface area contributed by atoms with Crippen molar-refractivity contribution in [2.75, 3.05) is 11.5 Å². The number of hydrogen-bond acceptors (Lipinski definition) is 4. The molecule has 2 heterocycles. The third-order valence-electron chi connectivity index (χ3n) is 8.88. The first-order valence-electron chi connectivity index (χ1n) is 15.6. The number of nitrogens with zero attached hydrogens (tertiary/aromatic N) is 1. The molecule has 0 saturated heterocycles. The van der Waals surface area contributed by atoms with Gasteiger partial charge in [-0.3, -0.25) is 9.69 Å². The lowest BCUT2D eigenvalue weighted by molar-refractivity contribution is -0.124. The summed E-state index contributed by atoms with van der Waals surface area (Å²) in [5, 5.41) is 11.6. The van der Waals surface area contributed by atoms with Gasteiger partial charge >= 0.3 is 0 Å². The van der Waals surface area contributed by atoms with E-state index in [1.54, 1.807) is 13.8 Å². The number of anilines is 1. The van der Waals surface area contributed by atoms with Crippen LogP contribution in [0.2, 0.25) is 0 Å². The average Bonchev–Trinajstić information content (AvgIpc) is 3.61. The van der Waals surface area contributed by atoms with Gasteiger partial charge in [-0.2, -0.15) is 0 Å². The molecule has 0 bridgehead atoms. The SMILES string of the molecule is CC(C)(O)CC1(c2cc3c(cc2OCc2ccccc2)OCC3)C(=O)N(C(c2ccccc2)c2ccccc2)c2ccccc21. The fraction of sp³-hybridized carbons (Fsp3) is 0.225. The maximum atomic E-state index is 15.6. The zero-order valence-electron chi connectivity index (χ0n) is 25.6. The molecule has 0 spiro atoms. The molecule has 0 saturated carbocycles. The molecule has 5 aromatic carbocycles. The molecule has 2 aliphatic rings. The van der Waals surface area contributed by atoms with Crippen molar-refractivity contribution in [3.63, 3.8) is 0 Å². The Balaban J connectivity index is 1.46. The summed E-state index contributed by atoms with van der Waals surface area (Å²) in [6, 6.07) is 42.0. The van der Waals surface area contributed by atoms with E-state index < -0.39 is 11.0 Å². The highest BCUT2D eigenvalue weighted by molar-refractivity contribution is 6.12. The second-order valence-corrected chi connectivity index (χ2v) is 12.6. The Kier molecular flexibility index (Phi) is 7.42. The smallest absolute Gasteiger partial charge is 0.243 e. The van der Waals surface area contributed by atoms with Gasteiger partial charge in [0, 0.05) is 23.7 Å². The summed E-state index contributed by atoms with van der Waals surface area (Å²) >= 11 is 0. The van der Waals surface area contributed by atoms with E-state index >= 15 is 4.79 Å². The van der Waals surface area contributed by atoms with Crippen molar-refractivity contribution in [3.8, 4) is 11.5 Å². The molecule has 7 rings (SSSR count). The molecule has 1 atom stereocenters. The average molecular weight is 596 g/mol. The molecule has 1 N–H and O–H groups in total. The van der Waals surface area contributed by atoms with Crippen LogP contribution in [0.4, 0.5) is 5.69 Å². The van der Waals surface area contributed by atoms with Crippen molar-refractivity contribution in [2.45, 2.75) is 50.4 Å². The monoisotopic (exact) mass is 595 g/mol. The summed E-state index contributed by atoms with van der Waals surface area (Å²) in [6.07, 6.45) is 0.917. The van der Waals surface area contributed by atoms with E-state index in [0.29, 0.717) is 19.0 Å². The predicted molar refractivity (Wildman–Crippen MR) is 177 cm³/mol. The van der Waals surface area contributed by atoms with Gasteiger partial charge in [0.15, 0.2) is 0 Å². The molecule has 0 aliphatic carbocycles. The van der Waals surface area contributed by atoms with Crippen molar-refractivity contribution in [1.29, 1.82) is 0 Å². The topological polar surface area (TPSA) is 59.0 Å². The van der Waals surface area contributed by atoms with Gasteiger partial charge in [0.2, 0.25) is 5.91 Å². The van der Waals surface area contributed by atoms with Crippen molar-refractivity contribution >= 4 is 11.6 Å². The van der Waals surface area contributed by atoms with E-state index in [1.807, 2.05) is 102 Å². The summed E-state index contributed by atoms with van der Waals surface area (Å²) in [7, 11) is 0. The Hall–Kier alpha value is -4.87. The Morgan fingerprint density at radius 2 is 1.42 bits per heavy atom. The van der Waals surface area contributed by atoms with E-state index in [-0.39, 0.29) is 18.4 Å².